The molecule has 2 N–H and O–H groups in total. The number of nitrogens with two attached hydrogens (primary N) is 1. The van der Waals surface area contributed by atoms with Crippen LogP contribution in [0.15, 0.2) is 47.6 Å². The zero-order valence-corrected chi connectivity index (χ0v) is 16.3. The van der Waals surface area contributed by atoms with Crippen molar-refractivity contribution in [1.82, 2.24) is 14.9 Å². The zero-order valence-electron chi connectivity index (χ0n) is 15.5. The van der Waals surface area contributed by atoms with Gasteiger partial charge in [0.1, 0.15) is 5.75 Å². The Morgan fingerprint density at radius 1 is 1.00 bits per heavy atom. The van der Waals surface area contributed by atoms with E-state index in [9.17, 15) is 0 Å². The minimum atomic E-state index is 0.548. The minimum absolute atomic E-state index is 0.548. The van der Waals surface area contributed by atoms with E-state index in [0.717, 1.165) is 11.3 Å². The van der Waals surface area contributed by atoms with E-state index in [1.807, 2.05) is 49.4 Å². The van der Waals surface area contributed by atoms with Gasteiger partial charge in [0.25, 0.3) is 0 Å². The van der Waals surface area contributed by atoms with E-state index in [2.05, 4.69) is 10.2 Å². The molecule has 0 unspecified atom stereocenters. The van der Waals surface area contributed by atoms with E-state index in [0.29, 0.717) is 34.8 Å². The summed E-state index contributed by atoms with van der Waals surface area (Å²) < 4.78 is 17.8. The number of ether oxygens (including phenoxy) is 3. The van der Waals surface area contributed by atoms with Crippen LogP contribution in [-0.2, 0) is 0 Å². The van der Waals surface area contributed by atoms with Crippen LogP contribution in [0.3, 0.4) is 0 Å². The first-order valence-corrected chi connectivity index (χ1v) is 9.36. The Hall–Kier alpha value is -2.87. The summed E-state index contributed by atoms with van der Waals surface area (Å²) in [5.41, 5.74) is 2.00. The lowest BCUT2D eigenvalue weighted by Gasteiger charge is -2.09. The number of aryl methyl sites for hydroxylation is 1. The van der Waals surface area contributed by atoms with Gasteiger partial charge in [-0.25, -0.2) is 4.68 Å². The molecule has 0 saturated heterocycles. The molecule has 1 aromatic heterocycles. The van der Waals surface area contributed by atoms with Gasteiger partial charge in [0, 0.05) is 11.3 Å². The summed E-state index contributed by atoms with van der Waals surface area (Å²) in [7, 11) is 3.18. The summed E-state index contributed by atoms with van der Waals surface area (Å²) in [6.07, 6.45) is 0. The summed E-state index contributed by atoms with van der Waals surface area (Å²) in [5.74, 6) is 9.53. The van der Waals surface area contributed by atoms with Crippen LogP contribution < -0.4 is 20.1 Å². The summed E-state index contributed by atoms with van der Waals surface area (Å²) in [6, 6.07) is 13.5. The van der Waals surface area contributed by atoms with Crippen molar-refractivity contribution < 1.29 is 14.2 Å². The number of rotatable bonds is 8. The fourth-order valence-electron chi connectivity index (χ4n) is 2.47. The maximum atomic E-state index is 6.17. The predicted molar refractivity (Wildman–Crippen MR) is 106 cm³/mol. The molecule has 1 heterocycles. The molecule has 27 heavy (non-hydrogen) atoms. The maximum Gasteiger partial charge on any atom is 0.210 e. The molecule has 7 nitrogen and oxygen atoms in total. The van der Waals surface area contributed by atoms with Gasteiger partial charge in [-0.1, -0.05) is 29.5 Å². The van der Waals surface area contributed by atoms with Crippen molar-refractivity contribution in [2.45, 2.75) is 12.1 Å². The molecule has 142 valence electrons. The standard InChI is InChI=1S/C19H22N4O3S/c1-13-4-7-15(8-5-13)26-10-11-27-19-22-21-18(23(19)20)14-6-9-16(24-2)17(12-14)25-3/h4-9,12H,10-11,20H2,1-3H3. The molecule has 0 amide bonds. The summed E-state index contributed by atoms with van der Waals surface area (Å²) >= 11 is 1.49. The van der Waals surface area contributed by atoms with Gasteiger partial charge in [-0.3, -0.25) is 0 Å². The first-order valence-electron chi connectivity index (χ1n) is 8.37. The van der Waals surface area contributed by atoms with E-state index >= 15 is 0 Å². The number of hydrogen-bond donors (Lipinski definition) is 1. The Kier molecular flexibility index (Phi) is 6.08. The molecule has 0 aliphatic carbocycles. The number of methoxy groups -OCH3 is 2. The van der Waals surface area contributed by atoms with E-state index in [1.165, 1.54) is 22.0 Å². The number of nitrogens with zero attached hydrogens (tertiary/aromatic N) is 3. The topological polar surface area (TPSA) is 84.4 Å². The van der Waals surface area contributed by atoms with Crippen LogP contribution >= 0.6 is 11.8 Å². The smallest absolute Gasteiger partial charge is 0.210 e. The molecule has 3 aromatic rings. The number of nitrogen functional groups attached to an aromatic ring is 1. The van der Waals surface area contributed by atoms with Crippen LogP contribution in [-0.4, -0.2) is 41.5 Å². The van der Waals surface area contributed by atoms with Gasteiger partial charge in [0.15, 0.2) is 17.3 Å². The van der Waals surface area contributed by atoms with Crippen molar-refractivity contribution in [3.8, 4) is 28.6 Å². The second-order valence-corrected chi connectivity index (χ2v) is 6.82. The second-order valence-electron chi connectivity index (χ2n) is 5.76. The van der Waals surface area contributed by atoms with Crippen LogP contribution in [0.4, 0.5) is 0 Å². The van der Waals surface area contributed by atoms with Crippen LogP contribution in [0.5, 0.6) is 17.2 Å². The van der Waals surface area contributed by atoms with Crippen LogP contribution in [0.1, 0.15) is 5.56 Å². The quantitative estimate of drug-likeness (QED) is 0.362. The van der Waals surface area contributed by atoms with E-state index < -0.39 is 0 Å². The normalized spacial score (nSPS) is 10.6. The molecule has 0 bridgehead atoms. The van der Waals surface area contributed by atoms with Crippen molar-refractivity contribution in [2.24, 2.45) is 0 Å². The van der Waals surface area contributed by atoms with E-state index in [4.69, 9.17) is 20.1 Å². The van der Waals surface area contributed by atoms with Gasteiger partial charge in [0.2, 0.25) is 5.16 Å². The lowest BCUT2D eigenvalue weighted by Crippen LogP contribution is -2.12. The molecule has 0 fully saturated rings. The Labute approximate surface area is 162 Å². The van der Waals surface area contributed by atoms with E-state index in [1.54, 1.807) is 14.2 Å². The Bertz CT molecular complexity index is 896. The summed E-state index contributed by atoms with van der Waals surface area (Å²) in [4.78, 5) is 0. The van der Waals surface area contributed by atoms with Gasteiger partial charge >= 0.3 is 0 Å². The lowest BCUT2D eigenvalue weighted by molar-refractivity contribution is 0.344. The average Bonchev–Trinajstić information content (AvgIpc) is 3.06. The highest BCUT2D eigenvalue weighted by atomic mass is 32.2. The Morgan fingerprint density at radius 2 is 1.74 bits per heavy atom. The molecule has 0 spiro atoms. The van der Waals surface area contributed by atoms with Crippen molar-refractivity contribution in [3.05, 3.63) is 48.0 Å². The highest BCUT2D eigenvalue weighted by Crippen LogP contribution is 2.32. The van der Waals surface area contributed by atoms with Crippen LogP contribution in [0.2, 0.25) is 0 Å². The zero-order chi connectivity index (χ0) is 19.2. The van der Waals surface area contributed by atoms with Crippen LogP contribution in [0.25, 0.3) is 11.4 Å². The fourth-order valence-corrected chi connectivity index (χ4v) is 3.15. The SMILES string of the molecule is COc1ccc(-c2nnc(SCCOc3ccc(C)cc3)n2N)cc1OC. The third-order valence-electron chi connectivity index (χ3n) is 3.91. The second kappa shape index (κ2) is 8.68. The molecule has 2 aromatic carbocycles. The summed E-state index contributed by atoms with van der Waals surface area (Å²) in [5, 5.41) is 8.98. The lowest BCUT2D eigenvalue weighted by atomic mass is 10.2. The molecule has 0 saturated carbocycles. The maximum absolute atomic E-state index is 6.17. The van der Waals surface area contributed by atoms with Gasteiger partial charge in [-0.05, 0) is 37.3 Å². The molecular formula is C19H22N4O3S. The number of hydrogen-bond acceptors (Lipinski definition) is 7. The Balaban J connectivity index is 1.62. The van der Waals surface area contributed by atoms with E-state index in [-0.39, 0.29) is 0 Å². The summed E-state index contributed by atoms with van der Waals surface area (Å²) in [6.45, 7) is 2.59. The van der Waals surface area contributed by atoms with Crippen LogP contribution in [0, 0.1) is 6.92 Å². The van der Waals surface area contributed by atoms with Crippen molar-refractivity contribution in [1.29, 1.82) is 0 Å². The molecule has 0 aliphatic rings. The predicted octanol–water partition coefficient (Wildman–Crippen LogP) is 3.16. The number of thioether (sulfide) groups is 1. The minimum Gasteiger partial charge on any atom is -0.493 e. The molecule has 3 rings (SSSR count). The van der Waals surface area contributed by atoms with Gasteiger partial charge in [-0.15, -0.1) is 10.2 Å². The highest BCUT2D eigenvalue weighted by Gasteiger charge is 2.14. The van der Waals surface area contributed by atoms with Crippen molar-refractivity contribution in [2.75, 3.05) is 32.4 Å². The third-order valence-corrected chi connectivity index (χ3v) is 4.82. The number of benzene rings is 2. The van der Waals surface area contributed by atoms with Crippen molar-refractivity contribution >= 4 is 11.8 Å². The first-order chi connectivity index (χ1) is 13.1. The van der Waals surface area contributed by atoms with Gasteiger partial charge in [-0.2, -0.15) is 0 Å². The molecular weight excluding hydrogens is 364 g/mol. The highest BCUT2D eigenvalue weighted by molar-refractivity contribution is 7.99. The third kappa shape index (κ3) is 4.46. The largest absolute Gasteiger partial charge is 0.493 e. The molecule has 0 radical (unpaired) electrons. The Morgan fingerprint density at radius 3 is 2.44 bits per heavy atom. The molecule has 0 atom stereocenters. The van der Waals surface area contributed by atoms with Gasteiger partial charge in [0.05, 0.1) is 20.8 Å². The van der Waals surface area contributed by atoms with Crippen molar-refractivity contribution in [3.63, 3.8) is 0 Å². The number of aromatic nitrogens is 3. The van der Waals surface area contributed by atoms with Gasteiger partial charge < -0.3 is 20.1 Å². The molecule has 0 aliphatic heterocycles. The first kappa shape index (κ1) is 18.9. The average molecular weight is 386 g/mol. The molecule has 8 heteroatoms. The monoisotopic (exact) mass is 386 g/mol. The fraction of sp³-hybridized carbons (Fsp3) is 0.263.